The number of benzene rings is 1. The maximum absolute atomic E-state index is 10.9. The Bertz CT molecular complexity index is 439. The van der Waals surface area contributed by atoms with Gasteiger partial charge in [-0.25, -0.2) is 0 Å². The monoisotopic (exact) mass is 266 g/mol. The van der Waals surface area contributed by atoms with E-state index in [4.69, 9.17) is 4.74 Å². The van der Waals surface area contributed by atoms with Gasteiger partial charge in [0.1, 0.15) is 0 Å². The first-order chi connectivity index (χ1) is 8.83. The van der Waals surface area contributed by atoms with E-state index in [1.54, 1.807) is 12.1 Å². The lowest BCUT2D eigenvalue weighted by atomic mass is 10.1. The van der Waals surface area contributed by atoms with E-state index in [0.717, 1.165) is 12.0 Å². The molecule has 0 radical (unpaired) electrons. The van der Waals surface area contributed by atoms with Crippen LogP contribution in [0.25, 0.3) is 0 Å². The van der Waals surface area contributed by atoms with Gasteiger partial charge in [-0.1, -0.05) is 13.0 Å². The van der Waals surface area contributed by atoms with Gasteiger partial charge in [-0.3, -0.25) is 10.1 Å². The zero-order valence-corrected chi connectivity index (χ0v) is 12.0. The zero-order valence-electron chi connectivity index (χ0n) is 12.0. The van der Waals surface area contributed by atoms with Crippen LogP contribution in [0.15, 0.2) is 18.2 Å². The van der Waals surface area contributed by atoms with Crippen LogP contribution < -0.4 is 10.1 Å². The molecule has 0 bridgehead atoms. The van der Waals surface area contributed by atoms with Crippen LogP contribution in [-0.2, 0) is 6.54 Å². The molecule has 1 N–H and O–H groups in total. The van der Waals surface area contributed by atoms with Crippen molar-refractivity contribution in [2.75, 3.05) is 6.61 Å². The molecular weight excluding hydrogens is 244 g/mol. The number of hydrogen-bond acceptors (Lipinski definition) is 4. The van der Waals surface area contributed by atoms with Gasteiger partial charge in [-0.2, -0.15) is 0 Å². The second-order valence-corrected chi connectivity index (χ2v) is 5.51. The fourth-order valence-corrected chi connectivity index (χ4v) is 1.51. The van der Waals surface area contributed by atoms with Crippen LogP contribution in [0.1, 0.15) is 39.7 Å². The third kappa shape index (κ3) is 5.26. The van der Waals surface area contributed by atoms with Gasteiger partial charge in [0.25, 0.3) is 0 Å². The van der Waals surface area contributed by atoms with E-state index in [1.807, 2.05) is 6.92 Å². The lowest BCUT2D eigenvalue weighted by molar-refractivity contribution is -0.385. The lowest BCUT2D eigenvalue weighted by Crippen LogP contribution is -2.35. The van der Waals surface area contributed by atoms with Crippen LogP contribution in [0.4, 0.5) is 5.69 Å². The molecule has 1 rings (SSSR count). The molecule has 0 saturated carbocycles. The van der Waals surface area contributed by atoms with E-state index >= 15 is 0 Å². The molecule has 0 saturated heterocycles. The molecule has 0 aliphatic rings. The predicted molar refractivity (Wildman–Crippen MR) is 75.5 cm³/mol. The topological polar surface area (TPSA) is 64.4 Å². The Kier molecular flexibility index (Phi) is 5.30. The number of ether oxygens (including phenoxy) is 1. The van der Waals surface area contributed by atoms with E-state index in [2.05, 4.69) is 26.1 Å². The first kappa shape index (κ1) is 15.4. The summed E-state index contributed by atoms with van der Waals surface area (Å²) >= 11 is 0. The van der Waals surface area contributed by atoms with Crippen molar-refractivity contribution in [2.45, 2.75) is 46.2 Å². The number of nitrogens with zero attached hydrogens (tertiary/aromatic N) is 1. The summed E-state index contributed by atoms with van der Waals surface area (Å²) in [4.78, 5) is 10.5. The molecule has 1 aromatic carbocycles. The van der Waals surface area contributed by atoms with Crippen LogP contribution >= 0.6 is 0 Å². The summed E-state index contributed by atoms with van der Waals surface area (Å²) < 4.78 is 5.45. The second kappa shape index (κ2) is 6.52. The van der Waals surface area contributed by atoms with Gasteiger partial charge >= 0.3 is 5.69 Å². The summed E-state index contributed by atoms with van der Waals surface area (Å²) in [5.41, 5.74) is 1.01. The van der Waals surface area contributed by atoms with Crippen LogP contribution in [0.3, 0.4) is 0 Å². The summed E-state index contributed by atoms with van der Waals surface area (Å²) in [5, 5.41) is 14.3. The molecule has 0 fully saturated rings. The average molecular weight is 266 g/mol. The van der Waals surface area contributed by atoms with Crippen LogP contribution in [0.2, 0.25) is 0 Å². The largest absolute Gasteiger partial charge is 0.487 e. The SMILES string of the molecule is CCCOc1cc(CNC(C)(C)C)ccc1[N+](=O)[O-]. The van der Waals surface area contributed by atoms with Crippen LogP contribution in [0, 0.1) is 10.1 Å². The van der Waals surface area contributed by atoms with Gasteiger partial charge in [0, 0.05) is 18.2 Å². The predicted octanol–water partition coefficient (Wildman–Crippen LogP) is 3.27. The van der Waals surface area contributed by atoms with Gasteiger partial charge in [-0.15, -0.1) is 0 Å². The van der Waals surface area contributed by atoms with E-state index < -0.39 is 4.92 Å². The fourth-order valence-electron chi connectivity index (χ4n) is 1.51. The second-order valence-electron chi connectivity index (χ2n) is 5.51. The van der Waals surface area contributed by atoms with E-state index in [0.29, 0.717) is 18.9 Å². The minimum atomic E-state index is -0.411. The van der Waals surface area contributed by atoms with Crippen molar-refractivity contribution in [3.05, 3.63) is 33.9 Å². The minimum Gasteiger partial charge on any atom is -0.487 e. The molecule has 0 spiro atoms. The molecule has 0 aliphatic carbocycles. The highest BCUT2D eigenvalue weighted by molar-refractivity contribution is 5.48. The maximum atomic E-state index is 10.9. The summed E-state index contributed by atoms with van der Waals surface area (Å²) in [7, 11) is 0. The normalized spacial score (nSPS) is 11.4. The number of nitro benzene ring substituents is 1. The number of nitro groups is 1. The van der Waals surface area contributed by atoms with Crippen molar-refractivity contribution in [1.29, 1.82) is 0 Å². The number of hydrogen-bond donors (Lipinski definition) is 1. The van der Waals surface area contributed by atoms with Gasteiger partial charge in [-0.05, 0) is 38.8 Å². The molecule has 5 nitrogen and oxygen atoms in total. The standard InChI is InChI=1S/C14H22N2O3/c1-5-8-19-13-9-11(10-15-14(2,3)4)6-7-12(13)16(17)18/h6-7,9,15H,5,8,10H2,1-4H3. The Morgan fingerprint density at radius 1 is 1.37 bits per heavy atom. The third-order valence-electron chi connectivity index (χ3n) is 2.51. The molecular formula is C14H22N2O3. The molecule has 1 aromatic rings. The van der Waals surface area contributed by atoms with Crippen LogP contribution in [0.5, 0.6) is 5.75 Å². The third-order valence-corrected chi connectivity index (χ3v) is 2.51. The molecule has 5 heteroatoms. The van der Waals surface area contributed by atoms with Crippen LogP contribution in [-0.4, -0.2) is 17.1 Å². The van der Waals surface area contributed by atoms with Crippen molar-refractivity contribution in [3.8, 4) is 5.75 Å². The quantitative estimate of drug-likeness (QED) is 0.634. The molecule has 0 unspecified atom stereocenters. The first-order valence-electron chi connectivity index (χ1n) is 6.48. The van der Waals surface area contributed by atoms with Gasteiger partial charge < -0.3 is 10.1 Å². The smallest absolute Gasteiger partial charge is 0.310 e. The Morgan fingerprint density at radius 2 is 2.05 bits per heavy atom. The van der Waals surface area contributed by atoms with Crippen molar-refractivity contribution >= 4 is 5.69 Å². The van der Waals surface area contributed by atoms with E-state index in [9.17, 15) is 10.1 Å². The summed E-state index contributed by atoms with van der Waals surface area (Å²) in [6.07, 6.45) is 0.821. The van der Waals surface area contributed by atoms with Gasteiger partial charge in [0.15, 0.2) is 5.75 Å². The Balaban J connectivity index is 2.88. The Labute approximate surface area is 114 Å². The molecule has 19 heavy (non-hydrogen) atoms. The lowest BCUT2D eigenvalue weighted by Gasteiger charge is -2.20. The maximum Gasteiger partial charge on any atom is 0.310 e. The molecule has 0 heterocycles. The van der Waals surface area contributed by atoms with Crippen molar-refractivity contribution in [2.24, 2.45) is 0 Å². The molecule has 0 amide bonds. The summed E-state index contributed by atoms with van der Waals surface area (Å²) in [6, 6.07) is 5.01. The highest BCUT2D eigenvalue weighted by atomic mass is 16.6. The molecule has 0 aliphatic heterocycles. The highest BCUT2D eigenvalue weighted by Gasteiger charge is 2.16. The highest BCUT2D eigenvalue weighted by Crippen LogP contribution is 2.28. The summed E-state index contributed by atoms with van der Waals surface area (Å²) in [6.45, 7) is 9.34. The Hall–Kier alpha value is -1.62. The van der Waals surface area contributed by atoms with Crippen molar-refractivity contribution < 1.29 is 9.66 Å². The molecule has 106 valence electrons. The number of nitrogens with one attached hydrogen (secondary N) is 1. The first-order valence-corrected chi connectivity index (χ1v) is 6.48. The number of rotatable bonds is 6. The summed E-state index contributed by atoms with van der Waals surface area (Å²) in [5.74, 6) is 0.347. The Morgan fingerprint density at radius 3 is 2.58 bits per heavy atom. The van der Waals surface area contributed by atoms with E-state index in [1.165, 1.54) is 6.07 Å². The van der Waals surface area contributed by atoms with Gasteiger partial charge in [0.2, 0.25) is 0 Å². The average Bonchev–Trinajstić information content (AvgIpc) is 2.32. The zero-order chi connectivity index (χ0) is 14.5. The van der Waals surface area contributed by atoms with Gasteiger partial charge in [0.05, 0.1) is 11.5 Å². The van der Waals surface area contributed by atoms with Crippen molar-refractivity contribution in [1.82, 2.24) is 5.32 Å². The minimum absolute atomic E-state index is 0.00616. The molecule has 0 aromatic heterocycles. The fraction of sp³-hybridized carbons (Fsp3) is 0.571. The van der Waals surface area contributed by atoms with E-state index in [-0.39, 0.29) is 11.2 Å². The molecule has 0 atom stereocenters. The van der Waals surface area contributed by atoms with Crippen molar-refractivity contribution in [3.63, 3.8) is 0 Å².